The number of anilines is 1. The van der Waals surface area contributed by atoms with Crippen LogP contribution in [0.5, 0.6) is 0 Å². The summed E-state index contributed by atoms with van der Waals surface area (Å²) in [5, 5.41) is 4.22. The number of carbonyl (C=O) groups is 1. The predicted molar refractivity (Wildman–Crippen MR) is 102 cm³/mol. The molecule has 1 saturated heterocycles. The van der Waals surface area contributed by atoms with E-state index in [1.807, 2.05) is 19.2 Å². The first-order chi connectivity index (χ1) is 13.0. The average molecular weight is 365 g/mol. The SMILES string of the molecule is CN1CC(Nc2ncnc3c(C(N)=O)cccc23)C(c2cccc(F)c2)C1. The number of likely N-dealkylation sites (N-methyl/N-ethyl adjacent to an activating group) is 1. The molecule has 2 heterocycles. The van der Waals surface area contributed by atoms with Crippen LogP contribution in [0.2, 0.25) is 0 Å². The molecule has 1 amide bonds. The van der Waals surface area contributed by atoms with Gasteiger partial charge in [-0.25, -0.2) is 14.4 Å². The van der Waals surface area contributed by atoms with E-state index in [1.165, 1.54) is 12.4 Å². The molecule has 2 unspecified atom stereocenters. The molecule has 2 aromatic carbocycles. The predicted octanol–water partition coefficient (Wildman–Crippen LogP) is 2.38. The number of halogens is 1. The summed E-state index contributed by atoms with van der Waals surface area (Å²) >= 11 is 0. The van der Waals surface area contributed by atoms with Crippen molar-refractivity contribution in [3.8, 4) is 0 Å². The van der Waals surface area contributed by atoms with E-state index in [9.17, 15) is 9.18 Å². The Balaban J connectivity index is 1.70. The number of para-hydroxylation sites is 1. The average Bonchev–Trinajstić information content (AvgIpc) is 3.01. The molecule has 2 atom stereocenters. The van der Waals surface area contributed by atoms with Crippen LogP contribution in [0.3, 0.4) is 0 Å². The van der Waals surface area contributed by atoms with Gasteiger partial charge in [-0.05, 0) is 36.9 Å². The number of hydrogen-bond donors (Lipinski definition) is 2. The van der Waals surface area contributed by atoms with Gasteiger partial charge in [-0.3, -0.25) is 4.79 Å². The Bertz CT molecular complexity index is 1010. The lowest BCUT2D eigenvalue weighted by molar-refractivity contribution is 0.100. The highest BCUT2D eigenvalue weighted by Crippen LogP contribution is 2.31. The number of hydrogen-bond acceptors (Lipinski definition) is 5. The third-order valence-corrected chi connectivity index (χ3v) is 5.03. The van der Waals surface area contributed by atoms with Crippen LogP contribution in [0.25, 0.3) is 10.9 Å². The van der Waals surface area contributed by atoms with E-state index in [4.69, 9.17) is 5.73 Å². The van der Waals surface area contributed by atoms with E-state index in [-0.39, 0.29) is 17.8 Å². The van der Waals surface area contributed by atoms with E-state index < -0.39 is 5.91 Å². The Kier molecular flexibility index (Phi) is 4.45. The molecule has 4 rings (SSSR count). The summed E-state index contributed by atoms with van der Waals surface area (Å²) in [6, 6.07) is 12.1. The van der Waals surface area contributed by atoms with Crippen molar-refractivity contribution in [1.29, 1.82) is 0 Å². The number of amides is 1. The van der Waals surface area contributed by atoms with E-state index in [1.54, 1.807) is 24.3 Å². The molecule has 1 aliphatic heterocycles. The van der Waals surface area contributed by atoms with E-state index in [0.717, 1.165) is 24.0 Å². The Morgan fingerprint density at radius 1 is 1.22 bits per heavy atom. The molecule has 1 aliphatic rings. The Labute approximate surface area is 156 Å². The van der Waals surface area contributed by atoms with Gasteiger partial charge in [-0.2, -0.15) is 0 Å². The van der Waals surface area contributed by atoms with Crippen LogP contribution < -0.4 is 11.1 Å². The minimum Gasteiger partial charge on any atom is -0.366 e. The zero-order valence-electron chi connectivity index (χ0n) is 14.9. The van der Waals surface area contributed by atoms with Gasteiger partial charge in [0.25, 0.3) is 5.91 Å². The number of likely N-dealkylation sites (tertiary alicyclic amines) is 1. The molecule has 1 fully saturated rings. The number of aromatic nitrogens is 2. The van der Waals surface area contributed by atoms with Crippen LogP contribution >= 0.6 is 0 Å². The number of nitrogens with zero attached hydrogens (tertiary/aromatic N) is 3. The van der Waals surface area contributed by atoms with Gasteiger partial charge in [-0.1, -0.05) is 18.2 Å². The monoisotopic (exact) mass is 365 g/mol. The number of primary amides is 1. The molecule has 3 aromatic rings. The highest BCUT2D eigenvalue weighted by molar-refractivity contribution is 6.06. The van der Waals surface area contributed by atoms with Gasteiger partial charge < -0.3 is 16.0 Å². The van der Waals surface area contributed by atoms with Crippen LogP contribution in [0.4, 0.5) is 10.2 Å². The standard InChI is InChI=1S/C20H20FN5O/c1-26-9-16(12-4-2-5-13(21)8-12)17(10-26)25-20-15-7-3-6-14(19(22)27)18(15)23-11-24-20/h2-8,11,16-17H,9-10H2,1H3,(H2,22,27)(H,23,24,25). The molecule has 0 aliphatic carbocycles. The number of carbonyl (C=O) groups excluding carboxylic acids is 1. The minimum atomic E-state index is -0.525. The number of nitrogens with two attached hydrogens (primary N) is 1. The molecule has 0 spiro atoms. The fraction of sp³-hybridized carbons (Fsp3) is 0.250. The Morgan fingerprint density at radius 2 is 2.04 bits per heavy atom. The highest BCUT2D eigenvalue weighted by atomic mass is 19.1. The second kappa shape index (κ2) is 6.92. The Hall–Kier alpha value is -3.06. The molecule has 0 saturated carbocycles. The van der Waals surface area contributed by atoms with Crippen molar-refractivity contribution in [2.75, 3.05) is 25.5 Å². The van der Waals surface area contributed by atoms with Gasteiger partial charge in [-0.15, -0.1) is 0 Å². The number of benzene rings is 2. The number of rotatable bonds is 4. The van der Waals surface area contributed by atoms with Crippen LogP contribution in [0, 0.1) is 5.82 Å². The number of fused-ring (bicyclic) bond motifs is 1. The quantitative estimate of drug-likeness (QED) is 0.742. The van der Waals surface area contributed by atoms with Gasteiger partial charge >= 0.3 is 0 Å². The molecule has 7 heteroatoms. The first-order valence-electron chi connectivity index (χ1n) is 8.77. The second-order valence-corrected chi connectivity index (χ2v) is 6.92. The van der Waals surface area contributed by atoms with Crippen molar-refractivity contribution in [2.45, 2.75) is 12.0 Å². The third kappa shape index (κ3) is 3.33. The fourth-order valence-electron chi connectivity index (χ4n) is 3.80. The van der Waals surface area contributed by atoms with Gasteiger partial charge in [0.05, 0.1) is 11.1 Å². The maximum Gasteiger partial charge on any atom is 0.250 e. The lowest BCUT2D eigenvalue weighted by Gasteiger charge is -2.21. The zero-order valence-corrected chi connectivity index (χ0v) is 14.9. The van der Waals surface area contributed by atoms with Crippen LogP contribution in [-0.2, 0) is 0 Å². The molecule has 0 radical (unpaired) electrons. The van der Waals surface area contributed by atoms with Gasteiger partial charge in [0.15, 0.2) is 0 Å². The largest absolute Gasteiger partial charge is 0.366 e. The lowest BCUT2D eigenvalue weighted by Crippen LogP contribution is -2.28. The zero-order chi connectivity index (χ0) is 19.0. The molecule has 27 heavy (non-hydrogen) atoms. The summed E-state index contributed by atoms with van der Waals surface area (Å²) in [4.78, 5) is 22.5. The normalized spacial score (nSPS) is 20.1. The van der Waals surface area contributed by atoms with Crippen LogP contribution in [0.1, 0.15) is 21.8 Å². The second-order valence-electron chi connectivity index (χ2n) is 6.92. The highest BCUT2D eigenvalue weighted by Gasteiger charge is 2.32. The third-order valence-electron chi connectivity index (χ3n) is 5.03. The van der Waals surface area contributed by atoms with Crippen LogP contribution in [-0.4, -0.2) is 47.0 Å². The van der Waals surface area contributed by atoms with E-state index >= 15 is 0 Å². The molecule has 6 nitrogen and oxygen atoms in total. The van der Waals surface area contributed by atoms with Crippen molar-refractivity contribution >= 4 is 22.6 Å². The van der Waals surface area contributed by atoms with Gasteiger partial charge in [0, 0.05) is 30.4 Å². The summed E-state index contributed by atoms with van der Waals surface area (Å²) in [5.74, 6) is 0.00252. The summed E-state index contributed by atoms with van der Waals surface area (Å²) < 4.78 is 13.7. The summed E-state index contributed by atoms with van der Waals surface area (Å²) in [7, 11) is 2.04. The Morgan fingerprint density at radius 3 is 2.81 bits per heavy atom. The number of nitrogens with one attached hydrogen (secondary N) is 1. The smallest absolute Gasteiger partial charge is 0.250 e. The maximum atomic E-state index is 13.7. The molecule has 3 N–H and O–H groups in total. The van der Waals surface area contributed by atoms with Crippen molar-refractivity contribution < 1.29 is 9.18 Å². The fourth-order valence-corrected chi connectivity index (χ4v) is 3.80. The topological polar surface area (TPSA) is 84.1 Å². The van der Waals surface area contributed by atoms with Crippen molar-refractivity contribution in [3.63, 3.8) is 0 Å². The first kappa shape index (κ1) is 17.4. The molecule has 1 aromatic heterocycles. The van der Waals surface area contributed by atoms with Crippen LogP contribution in [0.15, 0.2) is 48.8 Å². The van der Waals surface area contributed by atoms with E-state index in [2.05, 4.69) is 20.2 Å². The minimum absolute atomic E-state index is 0.0483. The molecular weight excluding hydrogens is 345 g/mol. The van der Waals surface area contributed by atoms with Crippen molar-refractivity contribution in [1.82, 2.24) is 14.9 Å². The van der Waals surface area contributed by atoms with Gasteiger partial charge in [0.2, 0.25) is 0 Å². The van der Waals surface area contributed by atoms with Gasteiger partial charge in [0.1, 0.15) is 18.0 Å². The summed E-state index contributed by atoms with van der Waals surface area (Å²) in [6.45, 7) is 1.61. The van der Waals surface area contributed by atoms with E-state index in [0.29, 0.717) is 16.9 Å². The van der Waals surface area contributed by atoms with Crippen molar-refractivity contribution in [3.05, 3.63) is 65.7 Å². The molecule has 0 bridgehead atoms. The molecule has 138 valence electrons. The molecular formula is C20H20FN5O. The summed E-state index contributed by atoms with van der Waals surface area (Å²) in [6.07, 6.45) is 1.42. The summed E-state index contributed by atoms with van der Waals surface area (Å²) in [5.41, 5.74) is 7.30. The first-order valence-corrected chi connectivity index (χ1v) is 8.77. The van der Waals surface area contributed by atoms with Crippen molar-refractivity contribution in [2.24, 2.45) is 5.73 Å². The lowest BCUT2D eigenvalue weighted by atomic mass is 9.94. The maximum absolute atomic E-state index is 13.7.